The third kappa shape index (κ3) is 2.47. The maximum absolute atomic E-state index is 13.4. The predicted molar refractivity (Wildman–Crippen MR) is 72.8 cm³/mol. The number of aliphatic hydroxyl groups is 1. The van der Waals surface area contributed by atoms with E-state index >= 15 is 0 Å². The monoisotopic (exact) mass is 260 g/mol. The van der Waals surface area contributed by atoms with Crippen LogP contribution in [0.5, 0.6) is 5.75 Å². The van der Waals surface area contributed by atoms with Crippen LogP contribution in [0.4, 0.5) is 4.39 Å². The summed E-state index contributed by atoms with van der Waals surface area (Å²) in [5, 5.41) is 10.8. The van der Waals surface area contributed by atoms with Crippen LogP contribution in [0, 0.1) is 12.7 Å². The Kier molecular flexibility index (Phi) is 3.58. The number of hydrogen-bond donors (Lipinski definition) is 1. The molecule has 0 saturated heterocycles. The van der Waals surface area contributed by atoms with Crippen molar-refractivity contribution < 1.29 is 14.2 Å². The summed E-state index contributed by atoms with van der Waals surface area (Å²) in [4.78, 5) is 0. The zero-order chi connectivity index (χ0) is 14.0. The highest BCUT2D eigenvalue weighted by Crippen LogP contribution is 2.36. The van der Waals surface area contributed by atoms with Crippen molar-refractivity contribution in [1.29, 1.82) is 0 Å². The Bertz CT molecular complexity index is 591. The van der Waals surface area contributed by atoms with Gasteiger partial charge in [0.25, 0.3) is 0 Å². The first-order chi connectivity index (χ1) is 8.96. The third-order valence-corrected chi connectivity index (χ3v) is 3.36. The van der Waals surface area contributed by atoms with Crippen LogP contribution < -0.4 is 4.74 Å². The summed E-state index contributed by atoms with van der Waals surface area (Å²) in [7, 11) is 1.55. The molecule has 100 valence electrons. The van der Waals surface area contributed by atoms with Crippen molar-refractivity contribution in [2.24, 2.45) is 0 Å². The van der Waals surface area contributed by atoms with Gasteiger partial charge < -0.3 is 9.84 Å². The molecule has 2 nitrogen and oxygen atoms in total. The molecule has 0 aliphatic rings. The van der Waals surface area contributed by atoms with Crippen molar-refractivity contribution in [2.45, 2.75) is 19.4 Å². The van der Waals surface area contributed by atoms with E-state index in [1.165, 1.54) is 12.1 Å². The number of benzene rings is 2. The van der Waals surface area contributed by atoms with E-state index in [4.69, 9.17) is 4.74 Å². The van der Waals surface area contributed by atoms with Crippen LogP contribution in [0.3, 0.4) is 0 Å². The fraction of sp³-hybridized carbons (Fsp3) is 0.250. The van der Waals surface area contributed by atoms with E-state index in [-0.39, 0.29) is 5.82 Å². The molecule has 19 heavy (non-hydrogen) atoms. The summed E-state index contributed by atoms with van der Waals surface area (Å²) >= 11 is 0. The smallest absolute Gasteiger partial charge is 0.125 e. The van der Waals surface area contributed by atoms with Gasteiger partial charge in [-0.25, -0.2) is 4.39 Å². The summed E-state index contributed by atoms with van der Waals surface area (Å²) < 4.78 is 18.7. The molecule has 0 amide bonds. The van der Waals surface area contributed by atoms with Crippen molar-refractivity contribution in [2.75, 3.05) is 7.11 Å². The summed E-state index contributed by atoms with van der Waals surface area (Å²) in [6.45, 7) is 3.49. The Morgan fingerprint density at radius 2 is 1.79 bits per heavy atom. The number of hydrogen-bond acceptors (Lipinski definition) is 2. The van der Waals surface area contributed by atoms with E-state index in [0.717, 1.165) is 5.56 Å². The van der Waals surface area contributed by atoms with Crippen LogP contribution in [-0.4, -0.2) is 12.2 Å². The molecule has 0 spiro atoms. The zero-order valence-electron chi connectivity index (χ0n) is 11.3. The number of rotatable bonds is 3. The molecule has 1 atom stereocenters. The molecule has 0 bridgehead atoms. The molecule has 2 aromatic carbocycles. The molecule has 3 heteroatoms. The van der Waals surface area contributed by atoms with Crippen molar-refractivity contribution >= 4 is 0 Å². The predicted octanol–water partition coefficient (Wildman–Crippen LogP) is 3.40. The highest BCUT2D eigenvalue weighted by molar-refractivity contribution is 5.46. The van der Waals surface area contributed by atoms with Crippen molar-refractivity contribution in [1.82, 2.24) is 0 Å². The van der Waals surface area contributed by atoms with Gasteiger partial charge in [0.05, 0.1) is 7.11 Å². The first-order valence-electron chi connectivity index (χ1n) is 6.09. The molecule has 1 unspecified atom stereocenters. The van der Waals surface area contributed by atoms with Crippen LogP contribution in [0.25, 0.3) is 0 Å². The summed E-state index contributed by atoms with van der Waals surface area (Å²) in [6, 6.07) is 11.6. The lowest BCUT2D eigenvalue weighted by molar-refractivity contribution is 0.0979. The molecule has 1 N–H and O–H groups in total. The van der Waals surface area contributed by atoms with Crippen LogP contribution in [0.1, 0.15) is 23.6 Å². The Balaban J connectivity index is 2.61. The summed E-state index contributed by atoms with van der Waals surface area (Å²) in [5.74, 6) is 0.215. The maximum Gasteiger partial charge on any atom is 0.125 e. The van der Waals surface area contributed by atoms with Gasteiger partial charge in [-0.1, -0.05) is 24.3 Å². The van der Waals surface area contributed by atoms with Crippen LogP contribution >= 0.6 is 0 Å². The van der Waals surface area contributed by atoms with Gasteiger partial charge in [0.15, 0.2) is 0 Å². The Hall–Kier alpha value is -1.87. The van der Waals surface area contributed by atoms with E-state index < -0.39 is 5.60 Å². The van der Waals surface area contributed by atoms with E-state index in [2.05, 4.69) is 0 Å². The minimum atomic E-state index is -1.31. The first-order valence-corrected chi connectivity index (χ1v) is 6.09. The third-order valence-electron chi connectivity index (χ3n) is 3.36. The van der Waals surface area contributed by atoms with E-state index in [0.29, 0.717) is 16.9 Å². The fourth-order valence-corrected chi connectivity index (χ4v) is 2.31. The average Bonchev–Trinajstić information content (AvgIpc) is 2.41. The van der Waals surface area contributed by atoms with Gasteiger partial charge in [-0.15, -0.1) is 0 Å². The fourth-order valence-electron chi connectivity index (χ4n) is 2.31. The minimum Gasteiger partial charge on any atom is -0.496 e. The Morgan fingerprint density at radius 3 is 2.47 bits per heavy atom. The molecule has 0 heterocycles. The average molecular weight is 260 g/mol. The van der Waals surface area contributed by atoms with Crippen LogP contribution in [0.2, 0.25) is 0 Å². The largest absolute Gasteiger partial charge is 0.496 e. The van der Waals surface area contributed by atoms with Crippen LogP contribution in [-0.2, 0) is 5.60 Å². The first kappa shape index (κ1) is 13.6. The highest BCUT2D eigenvalue weighted by atomic mass is 19.1. The molecular formula is C16H17FO2. The second-order valence-electron chi connectivity index (χ2n) is 4.73. The standard InChI is InChI=1S/C16H17FO2/c1-11-8-9-12(17)10-14(11)16(2,18)13-6-4-5-7-15(13)19-3/h4-10,18H,1-3H3. The van der Waals surface area contributed by atoms with Gasteiger partial charge in [0, 0.05) is 5.56 Å². The van der Waals surface area contributed by atoms with Gasteiger partial charge in [-0.3, -0.25) is 0 Å². The van der Waals surface area contributed by atoms with Gasteiger partial charge >= 0.3 is 0 Å². The molecule has 0 aliphatic carbocycles. The minimum absolute atomic E-state index is 0.365. The second-order valence-corrected chi connectivity index (χ2v) is 4.73. The quantitative estimate of drug-likeness (QED) is 0.916. The zero-order valence-corrected chi connectivity index (χ0v) is 11.3. The summed E-state index contributed by atoms with van der Waals surface area (Å²) in [5.41, 5.74) is 0.680. The van der Waals surface area contributed by atoms with Crippen molar-refractivity contribution in [3.8, 4) is 5.75 Å². The number of aryl methyl sites for hydroxylation is 1. The van der Waals surface area contributed by atoms with Crippen molar-refractivity contribution in [3.63, 3.8) is 0 Å². The van der Waals surface area contributed by atoms with E-state index in [1.807, 2.05) is 19.1 Å². The second kappa shape index (κ2) is 5.02. The summed E-state index contributed by atoms with van der Waals surface area (Å²) in [6.07, 6.45) is 0. The molecule has 2 aromatic rings. The molecule has 0 fully saturated rings. The van der Waals surface area contributed by atoms with Gasteiger partial charge in [0.1, 0.15) is 17.2 Å². The number of para-hydroxylation sites is 1. The van der Waals surface area contributed by atoms with Crippen LogP contribution in [0.15, 0.2) is 42.5 Å². The molecule has 0 aliphatic heterocycles. The topological polar surface area (TPSA) is 29.5 Å². The number of methoxy groups -OCH3 is 1. The van der Waals surface area contributed by atoms with Gasteiger partial charge in [-0.2, -0.15) is 0 Å². The molecule has 0 saturated carbocycles. The van der Waals surface area contributed by atoms with E-state index in [1.54, 1.807) is 32.2 Å². The number of halogens is 1. The maximum atomic E-state index is 13.4. The Labute approximate surface area is 112 Å². The SMILES string of the molecule is COc1ccccc1C(C)(O)c1cc(F)ccc1C. The molecule has 0 radical (unpaired) electrons. The van der Waals surface area contributed by atoms with Gasteiger partial charge in [0.2, 0.25) is 0 Å². The highest BCUT2D eigenvalue weighted by Gasteiger charge is 2.30. The van der Waals surface area contributed by atoms with Gasteiger partial charge in [-0.05, 0) is 43.2 Å². The Morgan fingerprint density at radius 1 is 1.11 bits per heavy atom. The lowest BCUT2D eigenvalue weighted by Crippen LogP contribution is -2.25. The van der Waals surface area contributed by atoms with E-state index in [9.17, 15) is 9.50 Å². The van der Waals surface area contributed by atoms with Crippen molar-refractivity contribution in [3.05, 3.63) is 65.0 Å². The normalized spacial score (nSPS) is 13.9. The molecule has 0 aromatic heterocycles. The number of ether oxygens (including phenoxy) is 1. The molecular weight excluding hydrogens is 243 g/mol. The lowest BCUT2D eigenvalue weighted by atomic mass is 9.85. The lowest BCUT2D eigenvalue weighted by Gasteiger charge is -2.27. The molecule has 2 rings (SSSR count).